The maximum absolute atomic E-state index is 10.2. The average molecular weight is 639 g/mol. The molecule has 0 amide bonds. The minimum Gasteiger partial charge on any atom is -0.456 e. The third-order valence-electron chi connectivity index (χ3n) is 8.64. The van der Waals surface area contributed by atoms with Crippen molar-refractivity contribution in [2.45, 2.75) is 19.3 Å². The molecule has 0 bridgehead atoms. The maximum Gasteiger partial charge on any atom is 0.135 e. The summed E-state index contributed by atoms with van der Waals surface area (Å²) in [6.45, 7) is 3.01. The van der Waals surface area contributed by atoms with Crippen molar-refractivity contribution in [1.82, 2.24) is 0 Å². The molecule has 8 aromatic carbocycles. The molecule has 0 spiro atoms. The molecule has 1 heterocycles. The van der Waals surface area contributed by atoms with Gasteiger partial charge in [-0.25, -0.2) is 0 Å². The summed E-state index contributed by atoms with van der Waals surface area (Å²) in [5.41, 5.74) is -7.56. The summed E-state index contributed by atoms with van der Waals surface area (Å²) in [6.07, 6.45) is 0. The SMILES string of the molecule is [2H]c1c([2H])c([2H])c(-c2c3c([2H])c([2H])c([2H])c([2H])c3c(-c3c([2H])c([2H])c4oc5c([2H])c([2H])c([2H])c([2H])c5c4c3[2H])c3c([2H])c([2H])c(-c4c([2H])c([2H])c5c(c4[2H])C(C)(C)c4c([2H])c([2H])c([2H])c([2H])c4-5)c([2H])c23)c([2H])c1[2H]. The fourth-order valence-corrected chi connectivity index (χ4v) is 6.43. The predicted molar refractivity (Wildman–Crippen MR) is 203 cm³/mol. The van der Waals surface area contributed by atoms with Gasteiger partial charge in [0, 0.05) is 16.2 Å². The number of furan rings is 1. The van der Waals surface area contributed by atoms with Crippen molar-refractivity contribution in [3.63, 3.8) is 0 Å². The molecule has 0 radical (unpaired) electrons. The molecule has 1 aliphatic carbocycles. The predicted octanol–water partition coefficient (Wildman–Crippen LogP) is 13.2. The molecule has 48 heavy (non-hydrogen) atoms. The summed E-state index contributed by atoms with van der Waals surface area (Å²) in [7, 11) is 0. The molecular weight excluding hydrogens is 581 g/mol. The zero-order valence-electron chi connectivity index (χ0n) is 50.9. The number of fused-ring (bicyclic) bond motifs is 8. The Bertz CT molecular complexity index is 4200. The van der Waals surface area contributed by atoms with Gasteiger partial charge in [0.25, 0.3) is 0 Å². The van der Waals surface area contributed by atoms with Gasteiger partial charge in [-0.2, -0.15) is 0 Å². The average Bonchev–Trinajstić information content (AvgIpc) is 3.88. The van der Waals surface area contributed by atoms with Crippen molar-refractivity contribution in [3.05, 3.63) is 168 Å². The van der Waals surface area contributed by atoms with Gasteiger partial charge < -0.3 is 4.42 Å². The summed E-state index contributed by atoms with van der Waals surface area (Å²) >= 11 is 0. The zero-order chi connectivity index (χ0) is 54.6. The van der Waals surface area contributed by atoms with Crippen molar-refractivity contribution < 1.29 is 40.1 Å². The van der Waals surface area contributed by atoms with Gasteiger partial charge in [-0.1, -0.05) is 141 Å². The lowest BCUT2D eigenvalue weighted by atomic mass is 9.81. The van der Waals surface area contributed by atoms with Crippen LogP contribution in [0.15, 0.2) is 162 Å². The Morgan fingerprint density at radius 3 is 1.79 bits per heavy atom. The highest BCUT2D eigenvalue weighted by Gasteiger charge is 2.35. The molecule has 9 aromatic rings. The Morgan fingerprint density at radius 1 is 0.396 bits per heavy atom. The Balaban J connectivity index is 1.52. The third-order valence-corrected chi connectivity index (χ3v) is 8.64. The van der Waals surface area contributed by atoms with E-state index in [9.17, 15) is 17.8 Å². The number of hydrogen-bond acceptors (Lipinski definition) is 1. The van der Waals surface area contributed by atoms with Gasteiger partial charge in [0.15, 0.2) is 0 Å². The molecule has 1 nitrogen and oxygen atoms in total. The van der Waals surface area contributed by atoms with E-state index in [1.54, 1.807) is 0 Å². The second kappa shape index (κ2) is 10.0. The minimum atomic E-state index is -1.53. The molecule has 0 saturated carbocycles. The van der Waals surface area contributed by atoms with Gasteiger partial charge in [-0.15, -0.1) is 0 Å². The van der Waals surface area contributed by atoms with Crippen LogP contribution in [0.5, 0.6) is 0 Å². The zero-order valence-corrected chi connectivity index (χ0v) is 24.9. The van der Waals surface area contributed by atoms with Crippen LogP contribution in [0.25, 0.3) is 88.0 Å². The second-order valence-corrected chi connectivity index (χ2v) is 11.6. The standard InChI is InChI=1S/C47H32O/c1-47(2)41-18-10-8-14-33(41)34-23-20-31(28-42(34)47)30-21-24-38-40(26-30)45(29-12-4-3-5-13-29)36-16-6-7-17-37(36)46(38)32-22-25-44-39(27-32)35-15-9-11-19-43(35)48-44/h3-28H,1-2H3/i3D,4D,5D,6D,7D,8D,9D,10D,11D,12D,13D,14D,15D,16D,17D,18D,19D,20D,21D,22D,23D,24D,25D,26D,27D,28D. The summed E-state index contributed by atoms with van der Waals surface area (Å²) < 4.78 is 242. The Labute approximate surface area is 316 Å². The first-order chi connectivity index (χ1) is 34.4. The number of para-hydroxylation sites is 1. The first-order valence-electron chi connectivity index (χ1n) is 27.7. The molecule has 0 fully saturated rings. The maximum atomic E-state index is 10.2. The molecule has 226 valence electrons. The van der Waals surface area contributed by atoms with Gasteiger partial charge in [0.1, 0.15) is 11.2 Å². The summed E-state index contributed by atoms with van der Waals surface area (Å²) in [5.74, 6) is 0. The van der Waals surface area contributed by atoms with Crippen LogP contribution in [0, 0.1) is 0 Å². The fourth-order valence-electron chi connectivity index (χ4n) is 6.43. The normalized spacial score (nSPS) is 21.0. The van der Waals surface area contributed by atoms with E-state index in [4.69, 9.17) is 22.2 Å². The van der Waals surface area contributed by atoms with Crippen molar-refractivity contribution in [2.24, 2.45) is 0 Å². The molecule has 1 heteroatoms. The summed E-state index contributed by atoms with van der Waals surface area (Å²) in [6, 6.07) is -21.9. The molecule has 10 rings (SSSR count). The third kappa shape index (κ3) is 3.85. The lowest BCUT2D eigenvalue weighted by molar-refractivity contribution is 0.660. The van der Waals surface area contributed by atoms with Gasteiger partial charge in [-0.3, -0.25) is 0 Å². The first kappa shape index (κ1) is 12.0. The van der Waals surface area contributed by atoms with Crippen molar-refractivity contribution in [3.8, 4) is 44.5 Å². The molecule has 0 aliphatic heterocycles. The Kier molecular flexibility index (Phi) is 2.50. The van der Waals surface area contributed by atoms with E-state index in [-0.39, 0.29) is 22.3 Å². The number of benzene rings is 8. The second-order valence-electron chi connectivity index (χ2n) is 11.6. The van der Waals surface area contributed by atoms with Gasteiger partial charge in [0.05, 0.1) is 35.6 Å². The highest BCUT2D eigenvalue weighted by atomic mass is 16.3. The van der Waals surface area contributed by atoms with Crippen LogP contribution < -0.4 is 0 Å². The first-order valence-corrected chi connectivity index (χ1v) is 14.7. The molecule has 0 unspecified atom stereocenters. The van der Waals surface area contributed by atoms with Crippen LogP contribution in [0.4, 0.5) is 0 Å². The Hall–Kier alpha value is -5.92. The van der Waals surface area contributed by atoms with Gasteiger partial charge in [0.2, 0.25) is 0 Å². The molecule has 0 atom stereocenters. The van der Waals surface area contributed by atoms with Crippen LogP contribution in [-0.4, -0.2) is 0 Å². The van der Waals surface area contributed by atoms with Crippen LogP contribution in [-0.2, 0) is 5.41 Å². The number of hydrogen-bond donors (Lipinski definition) is 0. The molecule has 1 aliphatic rings. The van der Waals surface area contributed by atoms with Gasteiger partial charge >= 0.3 is 0 Å². The van der Waals surface area contributed by atoms with Crippen LogP contribution in [0.3, 0.4) is 0 Å². The smallest absolute Gasteiger partial charge is 0.135 e. The van der Waals surface area contributed by atoms with E-state index in [0.717, 1.165) is 0 Å². The van der Waals surface area contributed by atoms with E-state index in [1.165, 1.54) is 13.8 Å². The fraction of sp³-hybridized carbons (Fsp3) is 0.0638. The van der Waals surface area contributed by atoms with E-state index in [1.807, 2.05) is 0 Å². The monoisotopic (exact) mass is 638 g/mol. The van der Waals surface area contributed by atoms with Crippen LogP contribution in [0.2, 0.25) is 0 Å². The van der Waals surface area contributed by atoms with Crippen LogP contribution in [0.1, 0.15) is 60.6 Å². The van der Waals surface area contributed by atoms with E-state index in [2.05, 4.69) is 0 Å². The lowest BCUT2D eigenvalue weighted by Crippen LogP contribution is -2.14. The lowest BCUT2D eigenvalue weighted by Gasteiger charge is -2.22. The summed E-state index contributed by atoms with van der Waals surface area (Å²) in [5, 5.41) is -3.81. The van der Waals surface area contributed by atoms with Crippen molar-refractivity contribution >= 4 is 43.5 Å². The Morgan fingerprint density at radius 2 is 0.958 bits per heavy atom. The number of rotatable bonds is 3. The highest BCUT2D eigenvalue weighted by molar-refractivity contribution is 6.22. The molecule has 1 aromatic heterocycles. The molecular formula is C47H32O. The summed E-state index contributed by atoms with van der Waals surface area (Å²) in [4.78, 5) is 0. The van der Waals surface area contributed by atoms with E-state index in [0.29, 0.717) is 0 Å². The minimum absolute atomic E-state index is 0.0215. The van der Waals surface area contributed by atoms with E-state index >= 15 is 0 Å². The highest BCUT2D eigenvalue weighted by Crippen LogP contribution is 2.50. The van der Waals surface area contributed by atoms with E-state index < -0.39 is 239 Å². The topological polar surface area (TPSA) is 13.1 Å². The largest absolute Gasteiger partial charge is 0.456 e. The molecule has 0 N–H and O–H groups in total. The van der Waals surface area contributed by atoms with Crippen molar-refractivity contribution in [1.29, 1.82) is 0 Å². The van der Waals surface area contributed by atoms with Crippen LogP contribution >= 0.6 is 0 Å². The molecule has 0 saturated heterocycles. The van der Waals surface area contributed by atoms with Gasteiger partial charge in [-0.05, 0) is 107 Å². The van der Waals surface area contributed by atoms with Crippen molar-refractivity contribution in [2.75, 3.05) is 0 Å². The quantitative estimate of drug-likeness (QED) is 0.176.